The number of fused-ring (bicyclic) bond motifs is 1. The van der Waals surface area contributed by atoms with E-state index in [4.69, 9.17) is 0 Å². The predicted molar refractivity (Wildman–Crippen MR) is 86.3 cm³/mol. The van der Waals surface area contributed by atoms with Gasteiger partial charge in [0.2, 0.25) is 0 Å². The SMILES string of the molecule is N#Cc1cnc2ccc(-c3cccnc3-c3cc(F)ccn3)cn12. The summed E-state index contributed by atoms with van der Waals surface area (Å²) in [5.74, 6) is -0.367. The Morgan fingerprint density at radius 3 is 2.79 bits per heavy atom. The Kier molecular flexibility index (Phi) is 3.25. The van der Waals surface area contributed by atoms with Gasteiger partial charge in [0.1, 0.15) is 23.2 Å². The van der Waals surface area contributed by atoms with Crippen LogP contribution < -0.4 is 0 Å². The van der Waals surface area contributed by atoms with Crippen molar-refractivity contribution in [3.63, 3.8) is 0 Å². The van der Waals surface area contributed by atoms with E-state index in [0.29, 0.717) is 22.7 Å². The van der Waals surface area contributed by atoms with E-state index in [0.717, 1.165) is 11.1 Å². The first-order valence-electron chi connectivity index (χ1n) is 7.21. The highest BCUT2D eigenvalue weighted by Crippen LogP contribution is 2.29. The van der Waals surface area contributed by atoms with Crippen LogP contribution in [-0.4, -0.2) is 19.4 Å². The summed E-state index contributed by atoms with van der Waals surface area (Å²) in [6.07, 6.45) is 6.40. The Hall–Kier alpha value is -3.59. The van der Waals surface area contributed by atoms with Gasteiger partial charge in [-0.3, -0.25) is 14.4 Å². The summed E-state index contributed by atoms with van der Waals surface area (Å²) in [6.45, 7) is 0. The van der Waals surface area contributed by atoms with Gasteiger partial charge in [0, 0.05) is 35.8 Å². The quantitative estimate of drug-likeness (QED) is 0.568. The standard InChI is InChI=1S/C18H10FN5/c19-13-5-7-21-16(8-13)18-15(2-1-6-22-18)12-3-4-17-23-10-14(9-20)24(17)11-12/h1-8,10-11H. The molecule has 0 unspecified atom stereocenters. The summed E-state index contributed by atoms with van der Waals surface area (Å²) in [5.41, 5.74) is 3.80. The van der Waals surface area contributed by atoms with Gasteiger partial charge in [-0.1, -0.05) is 6.07 Å². The van der Waals surface area contributed by atoms with Crippen molar-refractivity contribution in [1.82, 2.24) is 19.4 Å². The third kappa shape index (κ3) is 2.29. The maximum atomic E-state index is 13.5. The van der Waals surface area contributed by atoms with Crippen molar-refractivity contribution < 1.29 is 4.39 Å². The lowest BCUT2D eigenvalue weighted by atomic mass is 10.0. The molecule has 0 saturated heterocycles. The summed E-state index contributed by atoms with van der Waals surface area (Å²) in [6, 6.07) is 12.2. The fourth-order valence-corrected chi connectivity index (χ4v) is 2.60. The fraction of sp³-hybridized carbons (Fsp3) is 0. The molecule has 4 heterocycles. The molecule has 114 valence electrons. The van der Waals surface area contributed by atoms with Crippen LogP contribution in [0.3, 0.4) is 0 Å². The van der Waals surface area contributed by atoms with Gasteiger partial charge in [0.25, 0.3) is 0 Å². The van der Waals surface area contributed by atoms with Crippen LogP contribution in [0, 0.1) is 17.1 Å². The average molecular weight is 315 g/mol. The molecule has 24 heavy (non-hydrogen) atoms. The molecule has 4 rings (SSSR count). The second kappa shape index (κ2) is 5.56. The van der Waals surface area contributed by atoms with E-state index < -0.39 is 0 Å². The third-order valence-corrected chi connectivity index (χ3v) is 3.70. The van der Waals surface area contributed by atoms with Crippen molar-refractivity contribution in [2.75, 3.05) is 0 Å². The van der Waals surface area contributed by atoms with Crippen LogP contribution in [0.2, 0.25) is 0 Å². The minimum atomic E-state index is -0.367. The number of halogens is 1. The van der Waals surface area contributed by atoms with Crippen LogP contribution in [-0.2, 0) is 0 Å². The smallest absolute Gasteiger partial charge is 0.144 e. The van der Waals surface area contributed by atoms with Crippen LogP contribution in [0.15, 0.2) is 61.2 Å². The van der Waals surface area contributed by atoms with Crippen LogP contribution >= 0.6 is 0 Å². The number of rotatable bonds is 2. The highest BCUT2D eigenvalue weighted by molar-refractivity contribution is 5.79. The van der Waals surface area contributed by atoms with Gasteiger partial charge in [0.15, 0.2) is 0 Å². The van der Waals surface area contributed by atoms with Gasteiger partial charge in [-0.05, 0) is 24.3 Å². The van der Waals surface area contributed by atoms with Crippen LogP contribution in [0.1, 0.15) is 5.69 Å². The Morgan fingerprint density at radius 2 is 1.96 bits per heavy atom. The van der Waals surface area contributed by atoms with E-state index in [-0.39, 0.29) is 5.82 Å². The Labute approximate surface area is 136 Å². The van der Waals surface area contributed by atoms with Crippen molar-refractivity contribution >= 4 is 5.65 Å². The molecule has 0 N–H and O–H groups in total. The number of nitriles is 1. The lowest BCUT2D eigenvalue weighted by Gasteiger charge is -2.09. The summed E-state index contributed by atoms with van der Waals surface area (Å²) in [4.78, 5) is 12.7. The molecular weight excluding hydrogens is 305 g/mol. The van der Waals surface area contributed by atoms with E-state index in [2.05, 4.69) is 21.0 Å². The molecule has 4 aromatic heterocycles. The molecule has 0 spiro atoms. The lowest BCUT2D eigenvalue weighted by Crippen LogP contribution is -1.94. The summed E-state index contributed by atoms with van der Waals surface area (Å²) < 4.78 is 15.2. The number of aromatic nitrogens is 4. The first-order chi connectivity index (χ1) is 11.8. The molecule has 4 aromatic rings. The number of imidazole rings is 1. The molecule has 0 fully saturated rings. The highest BCUT2D eigenvalue weighted by atomic mass is 19.1. The summed E-state index contributed by atoms with van der Waals surface area (Å²) in [7, 11) is 0. The Bertz CT molecular complexity index is 1090. The number of hydrogen-bond acceptors (Lipinski definition) is 4. The second-order valence-electron chi connectivity index (χ2n) is 5.16. The molecule has 0 radical (unpaired) electrons. The highest BCUT2D eigenvalue weighted by Gasteiger charge is 2.12. The molecule has 0 bridgehead atoms. The van der Waals surface area contributed by atoms with Gasteiger partial charge in [0.05, 0.1) is 17.6 Å². The van der Waals surface area contributed by atoms with Crippen molar-refractivity contribution in [1.29, 1.82) is 5.26 Å². The molecule has 0 aliphatic carbocycles. The minimum Gasteiger partial charge on any atom is -0.291 e. The summed E-state index contributed by atoms with van der Waals surface area (Å²) >= 11 is 0. The number of hydrogen-bond donors (Lipinski definition) is 0. The number of nitrogens with zero attached hydrogens (tertiary/aromatic N) is 5. The maximum Gasteiger partial charge on any atom is 0.144 e. The lowest BCUT2D eigenvalue weighted by molar-refractivity contribution is 0.626. The van der Waals surface area contributed by atoms with Crippen molar-refractivity contribution in [2.24, 2.45) is 0 Å². The van der Waals surface area contributed by atoms with E-state index in [9.17, 15) is 9.65 Å². The molecule has 0 aliphatic heterocycles. The molecule has 6 heteroatoms. The zero-order valence-corrected chi connectivity index (χ0v) is 12.4. The number of pyridine rings is 3. The molecule has 0 aromatic carbocycles. The molecule has 0 saturated carbocycles. The molecule has 0 atom stereocenters. The molecule has 5 nitrogen and oxygen atoms in total. The van der Waals surface area contributed by atoms with Gasteiger partial charge in [-0.25, -0.2) is 9.37 Å². The van der Waals surface area contributed by atoms with Gasteiger partial charge in [-0.15, -0.1) is 0 Å². The van der Waals surface area contributed by atoms with Crippen LogP contribution in [0.25, 0.3) is 28.2 Å². The molecular formula is C18H10FN5. The van der Waals surface area contributed by atoms with E-state index in [1.54, 1.807) is 16.7 Å². The van der Waals surface area contributed by atoms with Crippen molar-refractivity contribution in [3.05, 3.63) is 72.7 Å². The monoisotopic (exact) mass is 315 g/mol. The summed E-state index contributed by atoms with van der Waals surface area (Å²) in [5, 5.41) is 9.17. The minimum absolute atomic E-state index is 0.367. The first kappa shape index (κ1) is 14.0. The normalized spacial score (nSPS) is 10.7. The fourth-order valence-electron chi connectivity index (χ4n) is 2.60. The largest absolute Gasteiger partial charge is 0.291 e. The molecule has 0 amide bonds. The zero-order valence-electron chi connectivity index (χ0n) is 12.4. The molecule has 0 aliphatic rings. The van der Waals surface area contributed by atoms with E-state index >= 15 is 0 Å². The van der Waals surface area contributed by atoms with Crippen molar-refractivity contribution in [2.45, 2.75) is 0 Å². The third-order valence-electron chi connectivity index (χ3n) is 3.70. The topological polar surface area (TPSA) is 66.9 Å². The van der Waals surface area contributed by atoms with Crippen LogP contribution in [0.4, 0.5) is 4.39 Å². The maximum absolute atomic E-state index is 13.5. The van der Waals surface area contributed by atoms with Crippen molar-refractivity contribution in [3.8, 4) is 28.6 Å². The first-order valence-corrected chi connectivity index (χ1v) is 7.21. The van der Waals surface area contributed by atoms with E-state index in [1.807, 2.05) is 24.4 Å². The Morgan fingerprint density at radius 1 is 1.04 bits per heavy atom. The Balaban J connectivity index is 1.93. The average Bonchev–Trinajstić information content (AvgIpc) is 3.04. The van der Waals surface area contributed by atoms with Gasteiger partial charge in [-0.2, -0.15) is 5.26 Å². The second-order valence-corrected chi connectivity index (χ2v) is 5.16. The zero-order chi connectivity index (χ0) is 16.5. The van der Waals surface area contributed by atoms with E-state index in [1.165, 1.54) is 24.5 Å². The van der Waals surface area contributed by atoms with Crippen LogP contribution in [0.5, 0.6) is 0 Å². The van der Waals surface area contributed by atoms with Gasteiger partial charge >= 0.3 is 0 Å². The predicted octanol–water partition coefficient (Wildman–Crippen LogP) is 3.47. The van der Waals surface area contributed by atoms with Gasteiger partial charge < -0.3 is 0 Å².